The van der Waals surface area contributed by atoms with Gasteiger partial charge in [0.15, 0.2) is 17.5 Å². The summed E-state index contributed by atoms with van der Waals surface area (Å²) < 4.78 is 51.1. The third-order valence-corrected chi connectivity index (χ3v) is 6.20. The monoisotopic (exact) mass is 534 g/mol. The highest BCUT2D eigenvalue weighted by Crippen LogP contribution is 2.42. The number of anilines is 2. The number of aryl methyl sites for hydroxylation is 1. The maximum absolute atomic E-state index is 15.4. The lowest BCUT2D eigenvalue weighted by atomic mass is 9.90. The maximum atomic E-state index is 15.4. The van der Waals surface area contributed by atoms with Gasteiger partial charge in [0, 0.05) is 31.1 Å². The van der Waals surface area contributed by atoms with Crippen molar-refractivity contribution in [2.75, 3.05) is 30.9 Å². The van der Waals surface area contributed by atoms with Gasteiger partial charge >= 0.3 is 5.92 Å². The van der Waals surface area contributed by atoms with E-state index >= 15 is 4.39 Å². The van der Waals surface area contributed by atoms with Gasteiger partial charge in [-0.2, -0.15) is 8.78 Å². The first-order valence-corrected chi connectivity index (χ1v) is 12.0. The summed E-state index contributed by atoms with van der Waals surface area (Å²) in [4.78, 5) is 22.2. The van der Waals surface area contributed by atoms with E-state index in [1.54, 1.807) is 58.8 Å². The van der Waals surface area contributed by atoms with E-state index in [1.807, 2.05) is 0 Å². The number of hydrogen-bond acceptors (Lipinski definition) is 8. The summed E-state index contributed by atoms with van der Waals surface area (Å²) in [6.07, 6.45) is 0.697. The summed E-state index contributed by atoms with van der Waals surface area (Å²) in [5, 5.41) is 22.9. The lowest BCUT2D eigenvalue weighted by molar-refractivity contribution is -0.197. The number of hydrogen-bond donors (Lipinski definition) is 3. The molecule has 38 heavy (non-hydrogen) atoms. The largest absolute Gasteiger partial charge is 0.478 e. The Morgan fingerprint density at radius 2 is 1.84 bits per heavy atom. The molecular formula is C27H33F3N4O4. The Balaban J connectivity index is 2.09. The fraction of sp³-hybridized carbons (Fsp3) is 0.444. The van der Waals surface area contributed by atoms with E-state index in [4.69, 9.17) is 4.74 Å². The van der Waals surface area contributed by atoms with E-state index in [-0.39, 0.29) is 5.56 Å². The number of aldehydes is 1. The van der Waals surface area contributed by atoms with Crippen LogP contribution in [0.2, 0.25) is 0 Å². The van der Waals surface area contributed by atoms with Crippen molar-refractivity contribution in [1.82, 2.24) is 9.97 Å². The van der Waals surface area contributed by atoms with Crippen LogP contribution < -0.4 is 15.0 Å². The molecule has 0 bridgehead atoms. The number of aliphatic hydroxyl groups is 2. The summed E-state index contributed by atoms with van der Waals surface area (Å²) in [7, 11) is 3.60. The van der Waals surface area contributed by atoms with Crippen LogP contribution in [0.1, 0.15) is 50.7 Å². The lowest BCUT2D eigenvalue weighted by Gasteiger charge is -2.32. The van der Waals surface area contributed by atoms with Crippen LogP contribution in [-0.4, -0.2) is 58.4 Å². The minimum Gasteiger partial charge on any atom is -0.478 e. The highest BCUT2D eigenvalue weighted by molar-refractivity contribution is 5.94. The molecule has 3 aromatic rings. The summed E-state index contributed by atoms with van der Waals surface area (Å²) in [6.45, 7) is 6.01. The van der Waals surface area contributed by atoms with E-state index < -0.39 is 41.2 Å². The fourth-order valence-electron chi connectivity index (χ4n) is 3.91. The number of carbonyl (C=O) groups excluding carboxylic acids is 1. The molecule has 1 aromatic heterocycles. The molecule has 0 spiro atoms. The van der Waals surface area contributed by atoms with Crippen molar-refractivity contribution in [3.8, 4) is 5.75 Å². The second-order valence-corrected chi connectivity index (χ2v) is 10.3. The second kappa shape index (κ2) is 10.4. The minimum absolute atomic E-state index is 0.0825. The zero-order chi connectivity index (χ0) is 28.6. The van der Waals surface area contributed by atoms with Crippen molar-refractivity contribution in [2.24, 2.45) is 0 Å². The molecule has 0 aliphatic carbocycles. The van der Waals surface area contributed by atoms with E-state index in [0.29, 0.717) is 40.3 Å². The topological polar surface area (TPSA) is 108 Å². The molecule has 0 amide bonds. The molecule has 11 heteroatoms. The SMILES string of the molecule is Cc1nc(N[C@H](C)c2cccc(C(F)(F)C(C)(O)CO)c2F)c2cc(N(C)C)c(OC(C)(C)C=O)cc2n1. The van der Waals surface area contributed by atoms with Crippen LogP contribution in [0, 0.1) is 12.7 Å². The zero-order valence-electron chi connectivity index (χ0n) is 22.4. The average Bonchev–Trinajstić information content (AvgIpc) is 2.82. The van der Waals surface area contributed by atoms with Crippen molar-refractivity contribution in [3.63, 3.8) is 0 Å². The standard InChI is InChI=1S/C27H33F3N4O4/c1-15(17-9-8-10-19(23(17)28)27(29,30)26(5,37)14-36)31-24-18-11-21(34(6)7)22(38-25(3,4)13-35)12-20(18)32-16(2)33-24/h8-13,15,36-37H,14H2,1-7H3,(H,31,32,33)/t15-,26?/m1/s1. The second-order valence-electron chi connectivity index (χ2n) is 10.3. The number of benzene rings is 2. The molecule has 3 rings (SSSR count). The number of ether oxygens (including phenoxy) is 1. The lowest BCUT2D eigenvalue weighted by Crippen LogP contribution is -2.47. The van der Waals surface area contributed by atoms with Gasteiger partial charge in [0.1, 0.15) is 23.2 Å². The molecule has 0 fully saturated rings. The molecular weight excluding hydrogens is 501 g/mol. The van der Waals surface area contributed by atoms with Crippen LogP contribution in [0.4, 0.5) is 24.7 Å². The Kier molecular flexibility index (Phi) is 7.95. The van der Waals surface area contributed by atoms with E-state index in [9.17, 15) is 23.8 Å². The average molecular weight is 535 g/mol. The van der Waals surface area contributed by atoms with Gasteiger partial charge in [-0.05, 0) is 46.8 Å². The number of nitrogens with one attached hydrogen (secondary N) is 1. The van der Waals surface area contributed by atoms with Gasteiger partial charge in [0.25, 0.3) is 0 Å². The summed E-state index contributed by atoms with van der Waals surface area (Å²) in [5.41, 5.74) is -3.92. The molecule has 1 unspecified atom stereocenters. The molecule has 1 heterocycles. The number of aromatic nitrogens is 2. The van der Waals surface area contributed by atoms with Crippen molar-refractivity contribution < 1.29 is 32.9 Å². The van der Waals surface area contributed by atoms with E-state index in [1.165, 1.54) is 12.1 Å². The first-order chi connectivity index (χ1) is 17.5. The first-order valence-electron chi connectivity index (χ1n) is 12.0. The number of rotatable bonds is 10. The third-order valence-electron chi connectivity index (χ3n) is 6.20. The predicted octanol–water partition coefficient (Wildman–Crippen LogP) is 4.51. The van der Waals surface area contributed by atoms with Crippen molar-refractivity contribution in [2.45, 2.75) is 57.8 Å². The number of fused-ring (bicyclic) bond motifs is 1. The summed E-state index contributed by atoms with van der Waals surface area (Å²) in [5.74, 6) is -4.10. The van der Waals surface area contributed by atoms with Gasteiger partial charge in [-0.15, -0.1) is 0 Å². The molecule has 0 aliphatic rings. The third kappa shape index (κ3) is 5.53. The number of carbonyl (C=O) groups is 1. The van der Waals surface area contributed by atoms with Crippen molar-refractivity contribution in [1.29, 1.82) is 0 Å². The molecule has 3 N–H and O–H groups in total. The van der Waals surface area contributed by atoms with Crippen molar-refractivity contribution in [3.05, 3.63) is 53.1 Å². The smallest absolute Gasteiger partial charge is 0.306 e. The van der Waals surface area contributed by atoms with Gasteiger partial charge in [-0.1, -0.05) is 12.1 Å². The minimum atomic E-state index is -4.05. The predicted molar refractivity (Wildman–Crippen MR) is 139 cm³/mol. The van der Waals surface area contributed by atoms with Crippen LogP contribution in [0.5, 0.6) is 5.75 Å². The van der Waals surface area contributed by atoms with Crippen LogP contribution >= 0.6 is 0 Å². The van der Waals surface area contributed by atoms with Crippen LogP contribution in [0.25, 0.3) is 10.9 Å². The van der Waals surface area contributed by atoms with Crippen LogP contribution in [-0.2, 0) is 10.7 Å². The quantitative estimate of drug-likeness (QED) is 0.326. The van der Waals surface area contributed by atoms with Crippen molar-refractivity contribution >= 4 is 28.7 Å². The van der Waals surface area contributed by atoms with Crippen LogP contribution in [0.3, 0.4) is 0 Å². The molecule has 0 radical (unpaired) electrons. The van der Waals surface area contributed by atoms with E-state index in [2.05, 4.69) is 15.3 Å². The number of aliphatic hydroxyl groups excluding tert-OH is 1. The number of halogens is 3. The Morgan fingerprint density at radius 3 is 2.42 bits per heavy atom. The first kappa shape index (κ1) is 29.1. The molecule has 206 valence electrons. The Hall–Kier alpha value is -3.44. The Bertz CT molecular complexity index is 1350. The Labute approximate surface area is 219 Å². The Morgan fingerprint density at radius 1 is 1.18 bits per heavy atom. The van der Waals surface area contributed by atoms with E-state index in [0.717, 1.165) is 13.0 Å². The summed E-state index contributed by atoms with van der Waals surface area (Å²) >= 11 is 0. The molecule has 0 saturated carbocycles. The highest BCUT2D eigenvalue weighted by Gasteiger charge is 2.52. The highest BCUT2D eigenvalue weighted by atomic mass is 19.3. The molecule has 0 aliphatic heterocycles. The van der Waals surface area contributed by atoms with Gasteiger partial charge in [0.2, 0.25) is 0 Å². The molecule has 0 saturated heterocycles. The normalized spacial score (nSPS) is 14.6. The van der Waals surface area contributed by atoms with Gasteiger partial charge in [0.05, 0.1) is 29.4 Å². The van der Waals surface area contributed by atoms with Crippen LogP contribution in [0.15, 0.2) is 30.3 Å². The summed E-state index contributed by atoms with van der Waals surface area (Å²) in [6, 6.07) is 6.12. The fourth-order valence-corrected chi connectivity index (χ4v) is 3.91. The number of alkyl halides is 2. The van der Waals surface area contributed by atoms with Gasteiger partial charge in [-0.3, -0.25) is 4.79 Å². The zero-order valence-corrected chi connectivity index (χ0v) is 22.4. The van der Waals surface area contributed by atoms with Gasteiger partial charge < -0.3 is 25.2 Å². The maximum Gasteiger partial charge on any atom is 0.306 e. The number of nitrogens with zero attached hydrogens (tertiary/aromatic N) is 3. The molecule has 2 aromatic carbocycles. The molecule has 2 atom stereocenters. The molecule has 8 nitrogen and oxygen atoms in total. The van der Waals surface area contributed by atoms with Gasteiger partial charge in [-0.25, -0.2) is 14.4 Å².